The molecule has 0 spiro atoms. The fourth-order valence-electron chi connectivity index (χ4n) is 2.66. The van der Waals surface area contributed by atoms with E-state index in [0.29, 0.717) is 23.3 Å². The molecule has 3 rings (SSSR count). The Morgan fingerprint density at radius 3 is 2.75 bits per heavy atom. The second kappa shape index (κ2) is 5.24. The first-order valence-electron chi connectivity index (χ1n) is 7.37. The summed E-state index contributed by atoms with van der Waals surface area (Å²) in [5.74, 6) is 1.68. The molecule has 1 saturated heterocycles. The second-order valence-corrected chi connectivity index (χ2v) is 6.94. The summed E-state index contributed by atoms with van der Waals surface area (Å²) in [6.45, 7) is 6.53. The maximum Gasteiger partial charge on any atom is 0.258 e. The number of hydrogen-bond donors (Lipinski definition) is 2. The van der Waals surface area contributed by atoms with E-state index in [0.717, 1.165) is 43.3 Å². The SMILES string of the molecule is CC1CCN(c2snc(N)c2C(=O)NC2CC2)CC1C. The van der Waals surface area contributed by atoms with Crippen molar-refractivity contribution in [3.63, 3.8) is 0 Å². The van der Waals surface area contributed by atoms with E-state index in [1.54, 1.807) is 0 Å². The van der Waals surface area contributed by atoms with Crippen LogP contribution < -0.4 is 16.0 Å². The van der Waals surface area contributed by atoms with Crippen LogP contribution in [-0.4, -0.2) is 29.4 Å². The fraction of sp³-hybridized carbons (Fsp3) is 0.714. The lowest BCUT2D eigenvalue weighted by molar-refractivity contribution is 0.0952. The van der Waals surface area contributed by atoms with Gasteiger partial charge in [-0.3, -0.25) is 4.79 Å². The summed E-state index contributed by atoms with van der Waals surface area (Å²) in [5, 5.41) is 3.96. The molecule has 1 amide bonds. The second-order valence-electron chi connectivity index (χ2n) is 6.18. The van der Waals surface area contributed by atoms with E-state index >= 15 is 0 Å². The molecule has 2 unspecified atom stereocenters. The number of aromatic nitrogens is 1. The predicted molar refractivity (Wildman–Crippen MR) is 82.2 cm³/mol. The third-order valence-corrected chi connectivity index (χ3v) is 5.38. The number of carbonyl (C=O) groups is 1. The van der Waals surface area contributed by atoms with Crippen LogP contribution in [0.2, 0.25) is 0 Å². The molecule has 0 aromatic carbocycles. The van der Waals surface area contributed by atoms with Crippen LogP contribution >= 0.6 is 11.5 Å². The Bertz CT molecular complexity index is 511. The number of anilines is 2. The van der Waals surface area contributed by atoms with Crippen molar-refractivity contribution in [1.29, 1.82) is 0 Å². The lowest BCUT2D eigenvalue weighted by Gasteiger charge is -2.36. The number of piperidine rings is 1. The van der Waals surface area contributed by atoms with Crippen LogP contribution in [0.15, 0.2) is 0 Å². The van der Waals surface area contributed by atoms with Crippen LogP contribution in [0.25, 0.3) is 0 Å². The van der Waals surface area contributed by atoms with Gasteiger partial charge in [0.2, 0.25) is 0 Å². The van der Waals surface area contributed by atoms with Crippen LogP contribution in [0.3, 0.4) is 0 Å². The Morgan fingerprint density at radius 2 is 2.10 bits per heavy atom. The van der Waals surface area contributed by atoms with Gasteiger partial charge in [-0.1, -0.05) is 13.8 Å². The molecule has 0 radical (unpaired) electrons. The van der Waals surface area contributed by atoms with Crippen molar-refractivity contribution in [2.75, 3.05) is 23.7 Å². The van der Waals surface area contributed by atoms with Gasteiger partial charge in [0.05, 0.1) is 0 Å². The van der Waals surface area contributed by atoms with Gasteiger partial charge in [-0.05, 0) is 42.6 Å². The Kier molecular flexibility index (Phi) is 3.58. The van der Waals surface area contributed by atoms with Crippen molar-refractivity contribution in [3.05, 3.63) is 5.56 Å². The molecule has 0 bridgehead atoms. The molecule has 5 nitrogen and oxygen atoms in total. The van der Waals surface area contributed by atoms with Gasteiger partial charge in [0.1, 0.15) is 10.6 Å². The highest BCUT2D eigenvalue weighted by atomic mass is 32.1. The normalized spacial score (nSPS) is 26.6. The van der Waals surface area contributed by atoms with Crippen molar-refractivity contribution >= 4 is 28.3 Å². The molecule has 6 heteroatoms. The number of nitrogens with one attached hydrogen (secondary N) is 1. The molecule has 1 aromatic heterocycles. The van der Waals surface area contributed by atoms with E-state index in [1.807, 2.05) is 0 Å². The zero-order valence-corrected chi connectivity index (χ0v) is 12.9. The Hall–Kier alpha value is -1.30. The van der Waals surface area contributed by atoms with Crippen LogP contribution in [0.5, 0.6) is 0 Å². The van der Waals surface area contributed by atoms with Gasteiger partial charge < -0.3 is 16.0 Å². The van der Waals surface area contributed by atoms with Crippen LogP contribution in [0.1, 0.15) is 43.5 Å². The van der Waals surface area contributed by atoms with Crippen LogP contribution in [0, 0.1) is 11.8 Å². The molecule has 20 heavy (non-hydrogen) atoms. The Labute approximate surface area is 123 Å². The number of amides is 1. The molecular weight excluding hydrogens is 272 g/mol. The minimum Gasteiger partial charge on any atom is -0.382 e. The molecule has 1 aliphatic heterocycles. The number of rotatable bonds is 3. The number of nitrogens with two attached hydrogens (primary N) is 1. The van der Waals surface area contributed by atoms with Gasteiger partial charge in [-0.25, -0.2) is 0 Å². The zero-order valence-electron chi connectivity index (χ0n) is 12.1. The number of hydrogen-bond acceptors (Lipinski definition) is 5. The molecule has 2 atom stereocenters. The maximum absolute atomic E-state index is 12.3. The monoisotopic (exact) mass is 294 g/mol. The van der Waals surface area contributed by atoms with E-state index in [1.165, 1.54) is 11.5 Å². The molecule has 1 saturated carbocycles. The highest BCUT2D eigenvalue weighted by molar-refractivity contribution is 7.11. The molecule has 110 valence electrons. The Morgan fingerprint density at radius 1 is 1.35 bits per heavy atom. The molecular formula is C14H22N4OS. The first-order valence-corrected chi connectivity index (χ1v) is 8.14. The largest absolute Gasteiger partial charge is 0.382 e. The topological polar surface area (TPSA) is 71.2 Å². The molecule has 1 aliphatic carbocycles. The molecule has 3 N–H and O–H groups in total. The third kappa shape index (κ3) is 2.61. The average Bonchev–Trinajstić information content (AvgIpc) is 3.13. The molecule has 2 fully saturated rings. The number of nitrogen functional groups attached to an aromatic ring is 1. The minimum absolute atomic E-state index is 0.0555. The van der Waals surface area contributed by atoms with Crippen molar-refractivity contribution in [3.8, 4) is 0 Å². The van der Waals surface area contributed by atoms with Crippen molar-refractivity contribution < 1.29 is 4.79 Å². The molecule has 2 aliphatic rings. The summed E-state index contributed by atoms with van der Waals surface area (Å²) >= 11 is 1.35. The molecule has 2 heterocycles. The highest BCUT2D eigenvalue weighted by Crippen LogP contribution is 2.35. The summed E-state index contributed by atoms with van der Waals surface area (Å²) in [5.41, 5.74) is 6.51. The lowest BCUT2D eigenvalue weighted by Crippen LogP contribution is -2.39. The maximum atomic E-state index is 12.3. The van der Waals surface area contributed by atoms with E-state index in [4.69, 9.17) is 5.73 Å². The van der Waals surface area contributed by atoms with Crippen LogP contribution in [0.4, 0.5) is 10.8 Å². The lowest BCUT2D eigenvalue weighted by atomic mass is 9.89. The smallest absolute Gasteiger partial charge is 0.258 e. The van der Waals surface area contributed by atoms with Gasteiger partial charge in [-0.15, -0.1) is 0 Å². The summed E-state index contributed by atoms with van der Waals surface area (Å²) in [6, 6.07) is 0.343. The quantitative estimate of drug-likeness (QED) is 0.895. The number of carbonyl (C=O) groups excluding carboxylic acids is 1. The zero-order chi connectivity index (χ0) is 14.3. The van der Waals surface area contributed by atoms with Crippen molar-refractivity contribution in [2.24, 2.45) is 11.8 Å². The Balaban J connectivity index is 1.80. The summed E-state index contributed by atoms with van der Waals surface area (Å²) < 4.78 is 4.20. The minimum atomic E-state index is -0.0555. The van der Waals surface area contributed by atoms with Gasteiger partial charge in [0.15, 0.2) is 5.82 Å². The first-order chi connectivity index (χ1) is 9.56. The first kappa shape index (κ1) is 13.7. The van der Waals surface area contributed by atoms with Gasteiger partial charge in [0, 0.05) is 19.1 Å². The third-order valence-electron chi connectivity index (χ3n) is 4.46. The summed E-state index contributed by atoms with van der Waals surface area (Å²) in [7, 11) is 0. The van der Waals surface area contributed by atoms with E-state index < -0.39 is 0 Å². The van der Waals surface area contributed by atoms with Crippen molar-refractivity contribution in [1.82, 2.24) is 9.69 Å². The van der Waals surface area contributed by atoms with Gasteiger partial charge >= 0.3 is 0 Å². The van der Waals surface area contributed by atoms with E-state index in [9.17, 15) is 4.79 Å². The molecule has 1 aromatic rings. The highest BCUT2D eigenvalue weighted by Gasteiger charge is 2.31. The summed E-state index contributed by atoms with van der Waals surface area (Å²) in [4.78, 5) is 14.6. The fourth-order valence-corrected chi connectivity index (χ4v) is 3.50. The summed E-state index contributed by atoms with van der Waals surface area (Å²) in [6.07, 6.45) is 3.32. The average molecular weight is 294 g/mol. The number of nitrogens with zero attached hydrogens (tertiary/aromatic N) is 2. The standard InChI is InChI=1S/C14H22N4OS/c1-8-5-6-18(7-9(8)2)14-11(12(15)17-20-14)13(19)16-10-3-4-10/h8-10H,3-7H2,1-2H3,(H2,15,17)(H,16,19). The van der Waals surface area contributed by atoms with Gasteiger partial charge in [0.25, 0.3) is 5.91 Å². The van der Waals surface area contributed by atoms with Crippen LogP contribution in [-0.2, 0) is 0 Å². The van der Waals surface area contributed by atoms with E-state index in [2.05, 4.69) is 28.4 Å². The van der Waals surface area contributed by atoms with Gasteiger partial charge in [-0.2, -0.15) is 4.37 Å². The van der Waals surface area contributed by atoms with Crippen molar-refractivity contribution in [2.45, 2.75) is 39.2 Å². The predicted octanol–water partition coefficient (Wildman–Crippen LogP) is 2.10. The van der Waals surface area contributed by atoms with E-state index in [-0.39, 0.29) is 5.91 Å².